The molecule has 9 aliphatic rings. The van der Waals surface area contributed by atoms with Crippen molar-refractivity contribution in [2.75, 3.05) is 13.2 Å². The van der Waals surface area contributed by atoms with Gasteiger partial charge in [-0.15, -0.1) is 0 Å². The Kier molecular flexibility index (Phi) is 15.4. The van der Waals surface area contributed by atoms with Crippen LogP contribution in [0.15, 0.2) is 24.3 Å². The number of esters is 2. The Labute approximate surface area is 414 Å². The predicted octanol–water partition coefficient (Wildman–Crippen LogP) is 1.17. The van der Waals surface area contributed by atoms with E-state index in [9.17, 15) is 50.4 Å². The average molecular weight is 1010 g/mol. The third-order valence-electron chi connectivity index (χ3n) is 18.8. The molecule has 0 aromatic heterocycles. The Bertz CT molecular complexity index is 1950. The smallest absolute Gasteiger partial charge is 0.331 e. The van der Waals surface area contributed by atoms with Crippen molar-refractivity contribution in [3.8, 4) is 0 Å². The maximum Gasteiger partial charge on any atom is 0.331 e. The number of fused-ring (bicyclic) bond motifs is 5. The molecular weight excluding hydrogens is 933 g/mol. The molecule has 4 aliphatic carbocycles. The van der Waals surface area contributed by atoms with Crippen molar-refractivity contribution in [2.24, 2.45) is 34.5 Å². The van der Waals surface area contributed by atoms with Gasteiger partial charge in [-0.2, -0.15) is 0 Å². The van der Waals surface area contributed by atoms with E-state index in [4.69, 9.17) is 47.4 Å². The maximum atomic E-state index is 12.6. The van der Waals surface area contributed by atoms with Gasteiger partial charge in [0.05, 0.1) is 54.9 Å². The molecule has 9 rings (SSSR count). The Morgan fingerprint density at radius 3 is 1.99 bits per heavy atom. The first-order valence-electron chi connectivity index (χ1n) is 25.9. The van der Waals surface area contributed by atoms with E-state index >= 15 is 0 Å². The number of rotatable bonds is 12. The molecule has 0 aromatic rings. The second kappa shape index (κ2) is 20.4. The molecular formula is C51H78O20. The van der Waals surface area contributed by atoms with Crippen LogP contribution in [0, 0.1) is 34.5 Å². The van der Waals surface area contributed by atoms with Gasteiger partial charge in [0.2, 0.25) is 5.79 Å². The van der Waals surface area contributed by atoms with E-state index in [0.717, 1.165) is 43.8 Å². The first kappa shape index (κ1) is 53.6. The quantitative estimate of drug-likeness (QED) is 0.0774. The summed E-state index contributed by atoms with van der Waals surface area (Å²) in [7, 11) is 0. The molecule has 0 amide bonds. The summed E-state index contributed by atoms with van der Waals surface area (Å²) in [6.07, 6.45) is -9.42. The summed E-state index contributed by atoms with van der Waals surface area (Å²) in [5.74, 6) is -2.76. The molecule has 0 radical (unpaired) electrons. The van der Waals surface area contributed by atoms with Crippen LogP contribution in [0.2, 0.25) is 0 Å². The third-order valence-corrected chi connectivity index (χ3v) is 18.8. The summed E-state index contributed by atoms with van der Waals surface area (Å²) in [6.45, 7) is 13.9. The van der Waals surface area contributed by atoms with Gasteiger partial charge in [-0.05, 0) is 113 Å². The number of hydrogen-bond acceptors (Lipinski definition) is 20. The molecule has 26 atom stereocenters. The fraction of sp³-hybridized carbons (Fsp3) is 0.882. The van der Waals surface area contributed by atoms with Gasteiger partial charge in [-0.1, -0.05) is 20.4 Å². The molecule has 8 N–H and O–H groups in total. The van der Waals surface area contributed by atoms with Crippen molar-refractivity contribution in [2.45, 2.75) is 234 Å². The lowest BCUT2D eigenvalue weighted by molar-refractivity contribution is -0.381. The molecule has 0 aromatic carbocycles. The van der Waals surface area contributed by atoms with Crippen LogP contribution in [0.5, 0.6) is 0 Å². The zero-order chi connectivity index (χ0) is 51.1. The van der Waals surface area contributed by atoms with E-state index in [1.165, 1.54) is 6.92 Å². The predicted molar refractivity (Wildman–Crippen MR) is 244 cm³/mol. The molecule has 5 heterocycles. The number of carbonyl (C=O) groups excluding carboxylic acids is 2. The molecule has 4 saturated carbocycles. The number of cyclic esters (lactones) is 1. The van der Waals surface area contributed by atoms with E-state index < -0.39 is 134 Å². The van der Waals surface area contributed by atoms with Crippen LogP contribution in [0.4, 0.5) is 0 Å². The van der Waals surface area contributed by atoms with Crippen LogP contribution in [0.1, 0.15) is 112 Å². The fourth-order valence-electron chi connectivity index (χ4n) is 14.9. The fourth-order valence-corrected chi connectivity index (χ4v) is 14.9. The summed E-state index contributed by atoms with van der Waals surface area (Å²) < 4.78 is 60.7. The van der Waals surface area contributed by atoms with Crippen LogP contribution in [0.3, 0.4) is 0 Å². The maximum absolute atomic E-state index is 12.6. The first-order chi connectivity index (χ1) is 33.5. The van der Waals surface area contributed by atoms with Crippen molar-refractivity contribution < 1.29 is 97.8 Å². The highest BCUT2D eigenvalue weighted by atomic mass is 16.8. The minimum Gasteiger partial charge on any atom is -0.459 e. The van der Waals surface area contributed by atoms with E-state index in [0.29, 0.717) is 25.2 Å². The second-order valence-electron chi connectivity index (χ2n) is 22.7. The zero-order valence-corrected chi connectivity index (χ0v) is 41.7. The summed E-state index contributed by atoms with van der Waals surface area (Å²) in [4.78, 5) is 24.3. The van der Waals surface area contributed by atoms with Crippen LogP contribution in [-0.4, -0.2) is 188 Å². The highest BCUT2D eigenvalue weighted by molar-refractivity contribution is 5.85. The van der Waals surface area contributed by atoms with E-state index in [1.807, 2.05) is 6.92 Å². The SMILES string of the molecule is C=C[C@@]1(O[C@H]2[C@@H](OC(C)=O)C[C@H](O[C@H]3[C@@H](O)C[C@H](O[C@H]4[C@@H](O)C[C@H](O[C@H]5CC[C@]6(C)C7C[C@@H](O)[C@]8(C)[C@@H](C9=CC(=O)OC9)CC[C@]8(O)C7CC[C@@H]6C5)O[C@@H]4C)O[C@@H]3C)O[C@@H]2C)O[C@H](CO)[C@@H](O)[C@H](O)[C@H]1O. The Morgan fingerprint density at radius 1 is 0.789 bits per heavy atom. The van der Waals surface area contributed by atoms with Crippen molar-refractivity contribution in [3.05, 3.63) is 24.3 Å². The molecule has 71 heavy (non-hydrogen) atoms. The number of hydrogen-bond donors (Lipinski definition) is 8. The van der Waals surface area contributed by atoms with Crippen molar-refractivity contribution in [1.29, 1.82) is 0 Å². The Balaban J connectivity index is 0.760. The van der Waals surface area contributed by atoms with Crippen LogP contribution >= 0.6 is 0 Å². The van der Waals surface area contributed by atoms with Crippen LogP contribution < -0.4 is 0 Å². The molecule has 4 saturated heterocycles. The van der Waals surface area contributed by atoms with Crippen LogP contribution in [-0.2, 0) is 57.0 Å². The van der Waals surface area contributed by atoms with Gasteiger partial charge in [0.1, 0.15) is 55.4 Å². The van der Waals surface area contributed by atoms with Gasteiger partial charge < -0.3 is 88.2 Å². The van der Waals surface area contributed by atoms with Crippen molar-refractivity contribution >= 4 is 11.9 Å². The van der Waals surface area contributed by atoms with Crippen LogP contribution in [0.25, 0.3) is 0 Å². The number of ether oxygens (including phenoxy) is 10. The molecule has 0 spiro atoms. The highest BCUT2D eigenvalue weighted by Crippen LogP contribution is 2.70. The molecule has 8 fully saturated rings. The van der Waals surface area contributed by atoms with Gasteiger partial charge in [-0.25, -0.2) is 4.79 Å². The van der Waals surface area contributed by atoms with Crippen molar-refractivity contribution in [3.63, 3.8) is 0 Å². The van der Waals surface area contributed by atoms with Gasteiger partial charge in [-0.3, -0.25) is 4.79 Å². The van der Waals surface area contributed by atoms with E-state index in [-0.39, 0.29) is 61.1 Å². The zero-order valence-electron chi connectivity index (χ0n) is 41.7. The second-order valence-corrected chi connectivity index (χ2v) is 22.7. The number of aliphatic hydroxyl groups is 8. The minimum absolute atomic E-state index is 0.0179. The lowest BCUT2D eigenvalue weighted by Gasteiger charge is -2.65. The van der Waals surface area contributed by atoms with Gasteiger partial charge >= 0.3 is 11.9 Å². The average Bonchev–Trinajstić information content (AvgIpc) is 3.87. The van der Waals surface area contributed by atoms with Crippen molar-refractivity contribution in [1.82, 2.24) is 0 Å². The topological polar surface area (TPSA) is 288 Å². The van der Waals surface area contributed by atoms with E-state index in [1.54, 1.807) is 26.8 Å². The summed E-state index contributed by atoms with van der Waals surface area (Å²) in [5.41, 5.74) is -1.03. The summed E-state index contributed by atoms with van der Waals surface area (Å²) in [6, 6.07) is 0. The Morgan fingerprint density at radius 2 is 1.41 bits per heavy atom. The van der Waals surface area contributed by atoms with Gasteiger partial charge in [0.25, 0.3) is 0 Å². The molecule has 402 valence electrons. The van der Waals surface area contributed by atoms with Gasteiger partial charge in [0, 0.05) is 37.7 Å². The molecule has 20 nitrogen and oxygen atoms in total. The highest BCUT2D eigenvalue weighted by Gasteiger charge is 2.71. The lowest BCUT2D eigenvalue weighted by atomic mass is 9.42. The van der Waals surface area contributed by atoms with E-state index in [2.05, 4.69) is 13.5 Å². The lowest BCUT2D eigenvalue weighted by Crippen LogP contribution is -2.67. The molecule has 5 aliphatic heterocycles. The Hall–Kier alpha value is -2.22. The monoisotopic (exact) mass is 1010 g/mol. The number of carbonyl (C=O) groups is 2. The normalized spacial score (nSPS) is 53.2. The first-order valence-corrected chi connectivity index (χ1v) is 25.9. The number of aliphatic hydroxyl groups excluding tert-OH is 7. The largest absolute Gasteiger partial charge is 0.459 e. The minimum atomic E-state index is -2.13. The molecule has 2 unspecified atom stereocenters. The molecule has 20 heteroatoms. The standard InChI is InChI=1S/C51H78O20/c1-8-51(47(60)43(59)42(58)36(21-52)70-51)71-46-25(4)65-41(20-35(46)66-26(5)53)69-45-24(3)64-40(19-34(45)55)68-44-23(2)63-39(18-33(44)54)67-29-11-13-48(6)28(16-29)9-10-31-32(48)17-37(56)49(7)30(12-14-50(31,49)61)27-15-38(57)62-22-27/h8,15,23-25,28-37,39-47,52,54-56,58-61H,1,9-14,16-22H2,2-7H3/t23-,24-,25-,28-,29+,30-,31?,32?,33+,34+,35+,36-,37-,39+,40+,41+,42-,43+,44-,45-,46-,47-,48+,49+,50+,51+/m1/s1. The summed E-state index contributed by atoms with van der Waals surface area (Å²) >= 11 is 0. The third kappa shape index (κ3) is 9.49. The van der Waals surface area contributed by atoms with Gasteiger partial charge in [0.15, 0.2) is 18.9 Å². The summed E-state index contributed by atoms with van der Waals surface area (Å²) in [5, 5.41) is 89.2. The molecule has 0 bridgehead atoms.